The van der Waals surface area contributed by atoms with Gasteiger partial charge in [-0.3, -0.25) is 4.79 Å². The zero-order valence-electron chi connectivity index (χ0n) is 11.6. The van der Waals surface area contributed by atoms with Crippen LogP contribution in [0.4, 0.5) is 4.79 Å². The predicted octanol–water partition coefficient (Wildman–Crippen LogP) is 3.46. The third-order valence-electron chi connectivity index (χ3n) is 2.82. The Bertz CT molecular complexity index is 697. The molecule has 1 aromatic carbocycles. The van der Waals surface area contributed by atoms with Gasteiger partial charge in [0.2, 0.25) is 0 Å². The summed E-state index contributed by atoms with van der Waals surface area (Å²) in [7, 11) is 0. The van der Waals surface area contributed by atoms with E-state index in [0.29, 0.717) is 5.69 Å². The summed E-state index contributed by atoms with van der Waals surface area (Å²) < 4.78 is 6.67. The van der Waals surface area contributed by atoms with E-state index in [1.54, 1.807) is 6.07 Å². The number of hydrogen-bond acceptors (Lipinski definition) is 4. The van der Waals surface area contributed by atoms with E-state index in [2.05, 4.69) is 21.0 Å². The van der Waals surface area contributed by atoms with Crippen LogP contribution in [0.25, 0.3) is 11.3 Å². The summed E-state index contributed by atoms with van der Waals surface area (Å²) in [5, 5.41) is 4.07. The molecule has 21 heavy (non-hydrogen) atoms. The first-order valence-corrected chi connectivity index (χ1v) is 7.44. The fourth-order valence-electron chi connectivity index (χ4n) is 1.71. The Hall–Kier alpha value is -1.95. The molecule has 2 rings (SSSR count). The topological polar surface area (TPSA) is 61.2 Å². The molecule has 6 heteroatoms. The van der Waals surface area contributed by atoms with Gasteiger partial charge in [-0.25, -0.2) is 4.79 Å². The molecule has 0 radical (unpaired) electrons. The molecular weight excluding hydrogens is 336 g/mol. The van der Waals surface area contributed by atoms with Gasteiger partial charge in [-0.1, -0.05) is 41.4 Å². The average molecular weight is 351 g/mol. The fourth-order valence-corrected chi connectivity index (χ4v) is 2.11. The van der Waals surface area contributed by atoms with Gasteiger partial charge < -0.3 is 4.74 Å². The van der Waals surface area contributed by atoms with Crippen molar-refractivity contribution in [3.63, 3.8) is 0 Å². The van der Waals surface area contributed by atoms with Crippen LogP contribution in [0.2, 0.25) is 0 Å². The minimum absolute atomic E-state index is 0.282. The molecule has 0 bridgehead atoms. The predicted molar refractivity (Wildman–Crippen MR) is 83.3 cm³/mol. The lowest BCUT2D eigenvalue weighted by Crippen LogP contribution is -2.30. The number of rotatable bonds is 4. The number of carbonyl (C=O) groups excluding carboxylic acids is 1. The summed E-state index contributed by atoms with van der Waals surface area (Å²) in [5.74, 6) is 0. The first-order chi connectivity index (χ1) is 10.1. The van der Waals surface area contributed by atoms with Gasteiger partial charge in [-0.15, -0.1) is 4.68 Å². The summed E-state index contributed by atoms with van der Waals surface area (Å²) >= 11 is 3.38. The molecule has 1 heterocycles. The number of unbranched alkanes of at least 4 members (excludes halogenated alkanes) is 1. The van der Waals surface area contributed by atoms with Crippen LogP contribution in [0.3, 0.4) is 0 Å². The Morgan fingerprint density at radius 3 is 2.86 bits per heavy atom. The first kappa shape index (κ1) is 15.4. The number of carbonyl (C=O) groups is 1. The molecule has 0 aliphatic rings. The second kappa shape index (κ2) is 7.17. The average Bonchev–Trinajstić information content (AvgIpc) is 2.48. The van der Waals surface area contributed by atoms with Crippen molar-refractivity contribution < 1.29 is 9.53 Å². The monoisotopic (exact) mass is 350 g/mol. The zero-order chi connectivity index (χ0) is 15.2. The summed E-state index contributed by atoms with van der Waals surface area (Å²) in [6, 6.07) is 10.3. The zero-order valence-corrected chi connectivity index (χ0v) is 13.2. The second-order valence-electron chi connectivity index (χ2n) is 4.45. The molecule has 0 saturated carbocycles. The highest BCUT2D eigenvalue weighted by Crippen LogP contribution is 2.20. The lowest BCUT2D eigenvalue weighted by molar-refractivity contribution is 0.141. The molecule has 0 saturated heterocycles. The lowest BCUT2D eigenvalue weighted by Gasteiger charge is -2.07. The maximum Gasteiger partial charge on any atom is 0.438 e. The normalized spacial score (nSPS) is 10.4. The van der Waals surface area contributed by atoms with Crippen molar-refractivity contribution in [2.45, 2.75) is 19.8 Å². The van der Waals surface area contributed by atoms with Crippen LogP contribution in [0.1, 0.15) is 19.8 Å². The molecule has 0 aliphatic carbocycles. The van der Waals surface area contributed by atoms with Crippen LogP contribution in [-0.4, -0.2) is 22.5 Å². The van der Waals surface area contributed by atoms with E-state index in [1.807, 2.05) is 31.2 Å². The molecule has 0 N–H and O–H groups in total. The Morgan fingerprint density at radius 2 is 2.14 bits per heavy atom. The summed E-state index contributed by atoms with van der Waals surface area (Å²) in [5.41, 5.74) is 0.832. The van der Waals surface area contributed by atoms with Crippen molar-refractivity contribution >= 4 is 22.0 Å². The third kappa shape index (κ3) is 4.01. The number of aromatic nitrogens is 2. The van der Waals surface area contributed by atoms with Gasteiger partial charge in [0.1, 0.15) is 0 Å². The van der Waals surface area contributed by atoms with Gasteiger partial charge in [-0.05, 0) is 24.6 Å². The number of halogens is 1. The van der Waals surface area contributed by atoms with Gasteiger partial charge >= 0.3 is 6.09 Å². The molecule has 1 aromatic heterocycles. The minimum atomic E-state index is -0.745. The highest BCUT2D eigenvalue weighted by molar-refractivity contribution is 9.10. The lowest BCUT2D eigenvalue weighted by atomic mass is 10.1. The van der Waals surface area contributed by atoms with Crippen molar-refractivity contribution in [1.29, 1.82) is 0 Å². The van der Waals surface area contributed by atoms with Crippen molar-refractivity contribution in [3.05, 3.63) is 51.2 Å². The summed E-state index contributed by atoms with van der Waals surface area (Å²) in [6.45, 7) is 2.27. The van der Waals surface area contributed by atoms with Crippen LogP contribution in [0, 0.1) is 0 Å². The fraction of sp³-hybridized carbons (Fsp3) is 0.267. The van der Waals surface area contributed by atoms with Gasteiger partial charge in [0, 0.05) is 16.1 Å². The number of benzene rings is 1. The minimum Gasteiger partial charge on any atom is -0.448 e. The number of hydrogen-bond donors (Lipinski definition) is 0. The van der Waals surface area contributed by atoms with Crippen LogP contribution in [0.15, 0.2) is 45.7 Å². The van der Waals surface area contributed by atoms with Crippen LogP contribution >= 0.6 is 15.9 Å². The van der Waals surface area contributed by atoms with E-state index in [9.17, 15) is 9.59 Å². The largest absolute Gasteiger partial charge is 0.448 e. The molecular formula is C15H15BrN2O3. The van der Waals surface area contributed by atoms with Crippen LogP contribution in [0.5, 0.6) is 0 Å². The molecule has 5 nitrogen and oxygen atoms in total. The smallest absolute Gasteiger partial charge is 0.438 e. The van der Waals surface area contributed by atoms with Gasteiger partial charge in [0.25, 0.3) is 5.56 Å². The van der Waals surface area contributed by atoms with E-state index >= 15 is 0 Å². The van der Waals surface area contributed by atoms with Gasteiger partial charge in [0.05, 0.1) is 12.3 Å². The third-order valence-corrected chi connectivity index (χ3v) is 3.31. The molecule has 110 valence electrons. The standard InChI is InChI=1S/C15H15BrN2O3/c1-2-3-9-21-15(20)18-14(19)8-7-13(17-18)11-5-4-6-12(16)10-11/h4-8,10H,2-3,9H2,1H3. The molecule has 0 aliphatic heterocycles. The SMILES string of the molecule is CCCCOC(=O)n1nc(-c2cccc(Br)c2)ccc1=O. The molecule has 0 amide bonds. The first-order valence-electron chi connectivity index (χ1n) is 6.65. The molecule has 0 atom stereocenters. The van der Waals surface area contributed by atoms with E-state index in [4.69, 9.17) is 4.74 Å². The van der Waals surface area contributed by atoms with Gasteiger partial charge in [-0.2, -0.15) is 5.10 Å². The number of ether oxygens (including phenoxy) is 1. The summed E-state index contributed by atoms with van der Waals surface area (Å²) in [4.78, 5) is 23.6. The molecule has 0 fully saturated rings. The Morgan fingerprint density at radius 1 is 1.33 bits per heavy atom. The Balaban J connectivity index is 2.29. The molecule has 0 spiro atoms. The van der Waals surface area contributed by atoms with Gasteiger partial charge in [0.15, 0.2) is 0 Å². The van der Waals surface area contributed by atoms with Crippen molar-refractivity contribution in [3.8, 4) is 11.3 Å². The Kier molecular flexibility index (Phi) is 5.27. The molecule has 2 aromatic rings. The second-order valence-corrected chi connectivity index (χ2v) is 5.36. The quantitative estimate of drug-likeness (QED) is 0.792. The van der Waals surface area contributed by atoms with E-state index in [1.165, 1.54) is 6.07 Å². The Labute approximate surface area is 130 Å². The highest BCUT2D eigenvalue weighted by Gasteiger charge is 2.11. The van der Waals surface area contributed by atoms with E-state index in [-0.39, 0.29) is 6.61 Å². The highest BCUT2D eigenvalue weighted by atomic mass is 79.9. The maximum atomic E-state index is 11.9. The van der Waals surface area contributed by atoms with Crippen LogP contribution in [-0.2, 0) is 4.74 Å². The van der Waals surface area contributed by atoms with Crippen LogP contribution < -0.4 is 5.56 Å². The van der Waals surface area contributed by atoms with E-state index in [0.717, 1.165) is 27.6 Å². The van der Waals surface area contributed by atoms with Crippen molar-refractivity contribution in [2.75, 3.05) is 6.61 Å². The summed E-state index contributed by atoms with van der Waals surface area (Å²) in [6.07, 6.45) is 0.921. The number of nitrogens with zero attached hydrogens (tertiary/aromatic N) is 2. The van der Waals surface area contributed by atoms with Crippen molar-refractivity contribution in [1.82, 2.24) is 9.78 Å². The van der Waals surface area contributed by atoms with Crippen molar-refractivity contribution in [2.24, 2.45) is 0 Å². The maximum absolute atomic E-state index is 11.9. The van der Waals surface area contributed by atoms with E-state index < -0.39 is 11.7 Å². The molecule has 0 unspecified atom stereocenters.